The smallest absolute Gasteiger partial charge is 0.225 e. The Morgan fingerprint density at radius 2 is 1.83 bits per heavy atom. The van der Waals surface area contributed by atoms with Gasteiger partial charge in [0.2, 0.25) is 5.91 Å². The summed E-state index contributed by atoms with van der Waals surface area (Å²) in [6.45, 7) is 6.20. The van der Waals surface area contributed by atoms with E-state index >= 15 is 0 Å². The number of benzene rings is 1. The Morgan fingerprint density at radius 1 is 1.13 bits per heavy atom. The highest BCUT2D eigenvalue weighted by atomic mass is 16.1. The Labute approximate surface area is 140 Å². The van der Waals surface area contributed by atoms with Crippen LogP contribution < -0.4 is 5.32 Å². The van der Waals surface area contributed by atoms with E-state index in [0.29, 0.717) is 6.42 Å². The molecule has 1 heterocycles. The molecule has 0 spiro atoms. The summed E-state index contributed by atoms with van der Waals surface area (Å²) in [5.41, 5.74) is 3.28. The van der Waals surface area contributed by atoms with Gasteiger partial charge in [0.25, 0.3) is 0 Å². The quantitative estimate of drug-likeness (QED) is 0.899. The summed E-state index contributed by atoms with van der Waals surface area (Å²) < 4.78 is 0. The maximum absolute atomic E-state index is 12.4. The highest BCUT2D eigenvalue weighted by Gasteiger charge is 2.32. The fraction of sp³-hybridized carbons (Fsp3) is 0.650. The van der Waals surface area contributed by atoms with Crippen LogP contribution >= 0.6 is 0 Å². The van der Waals surface area contributed by atoms with Crippen molar-refractivity contribution >= 4 is 11.6 Å². The second-order valence-corrected chi connectivity index (χ2v) is 7.36. The zero-order chi connectivity index (χ0) is 16.2. The van der Waals surface area contributed by atoms with Crippen molar-refractivity contribution in [2.75, 3.05) is 18.4 Å². The van der Waals surface area contributed by atoms with Gasteiger partial charge >= 0.3 is 0 Å². The summed E-state index contributed by atoms with van der Waals surface area (Å²) in [7, 11) is 0. The van der Waals surface area contributed by atoms with Gasteiger partial charge in [-0.25, -0.2) is 0 Å². The van der Waals surface area contributed by atoms with Gasteiger partial charge in [-0.2, -0.15) is 0 Å². The maximum atomic E-state index is 12.4. The van der Waals surface area contributed by atoms with E-state index in [9.17, 15) is 4.79 Å². The van der Waals surface area contributed by atoms with Crippen molar-refractivity contribution in [2.45, 2.75) is 64.8 Å². The molecule has 1 aliphatic heterocycles. The molecule has 1 saturated carbocycles. The van der Waals surface area contributed by atoms with Crippen LogP contribution in [-0.4, -0.2) is 29.9 Å². The molecule has 23 heavy (non-hydrogen) atoms. The predicted octanol–water partition coefficient (Wildman–Crippen LogP) is 4.29. The number of likely N-dealkylation sites (tertiary alicyclic amines) is 1. The van der Waals surface area contributed by atoms with Gasteiger partial charge in [-0.1, -0.05) is 31.0 Å². The van der Waals surface area contributed by atoms with Crippen LogP contribution in [0.2, 0.25) is 0 Å². The topological polar surface area (TPSA) is 32.3 Å². The number of carbonyl (C=O) groups excluding carboxylic acids is 1. The molecule has 0 unspecified atom stereocenters. The molecule has 0 aromatic heterocycles. The number of fused-ring (bicyclic) bond motifs is 1. The second-order valence-electron chi connectivity index (χ2n) is 7.36. The normalized spacial score (nSPS) is 25.0. The average Bonchev–Trinajstić information content (AvgIpc) is 2.56. The molecule has 126 valence electrons. The molecule has 1 aromatic carbocycles. The minimum atomic E-state index is 0.153. The first-order valence-electron chi connectivity index (χ1n) is 9.25. The molecule has 1 saturated heterocycles. The van der Waals surface area contributed by atoms with E-state index in [-0.39, 0.29) is 5.91 Å². The lowest BCUT2D eigenvalue weighted by atomic mass is 9.78. The molecule has 3 nitrogen and oxygen atoms in total. The molecule has 0 radical (unpaired) electrons. The fourth-order valence-electron chi connectivity index (χ4n) is 4.46. The number of hydrogen-bond donors (Lipinski definition) is 1. The van der Waals surface area contributed by atoms with Crippen LogP contribution in [0.25, 0.3) is 0 Å². The lowest BCUT2D eigenvalue weighted by Gasteiger charge is -2.44. The lowest BCUT2D eigenvalue weighted by molar-refractivity contribution is -0.116. The van der Waals surface area contributed by atoms with E-state index in [4.69, 9.17) is 0 Å². The molecule has 2 fully saturated rings. The first kappa shape index (κ1) is 16.5. The summed E-state index contributed by atoms with van der Waals surface area (Å²) in [4.78, 5) is 15.0. The molecule has 2 atom stereocenters. The predicted molar refractivity (Wildman–Crippen MR) is 95.7 cm³/mol. The van der Waals surface area contributed by atoms with E-state index in [1.165, 1.54) is 45.1 Å². The number of para-hydroxylation sites is 1. The maximum Gasteiger partial charge on any atom is 0.225 e. The van der Waals surface area contributed by atoms with Crippen LogP contribution in [0.15, 0.2) is 18.2 Å². The first-order valence-corrected chi connectivity index (χ1v) is 9.25. The second kappa shape index (κ2) is 7.48. The van der Waals surface area contributed by atoms with Crippen molar-refractivity contribution in [3.63, 3.8) is 0 Å². The van der Waals surface area contributed by atoms with Crippen molar-refractivity contribution in [3.8, 4) is 0 Å². The van der Waals surface area contributed by atoms with E-state index in [2.05, 4.69) is 36.2 Å². The summed E-state index contributed by atoms with van der Waals surface area (Å²) in [6, 6.07) is 6.89. The zero-order valence-electron chi connectivity index (χ0n) is 14.6. The zero-order valence-corrected chi connectivity index (χ0v) is 14.6. The standard InChI is InChI=1S/C20H30N2O/c1-15-7-5-8-16(2)20(15)21-19(23)12-14-22-13-6-10-17-9-3-4-11-18(17)22/h5,7-8,17-18H,3-4,6,9-14H2,1-2H3,(H,21,23)/t17-,18-/m0/s1. The first-order chi connectivity index (χ1) is 11.1. The third kappa shape index (κ3) is 3.95. The number of nitrogens with zero attached hydrogens (tertiary/aromatic N) is 1. The van der Waals surface area contributed by atoms with Crippen molar-refractivity contribution in [1.29, 1.82) is 0 Å². The van der Waals surface area contributed by atoms with Crippen molar-refractivity contribution in [1.82, 2.24) is 4.90 Å². The number of piperidine rings is 1. The lowest BCUT2D eigenvalue weighted by Crippen LogP contribution is -2.47. The highest BCUT2D eigenvalue weighted by molar-refractivity contribution is 5.92. The Morgan fingerprint density at radius 3 is 2.61 bits per heavy atom. The van der Waals surface area contributed by atoms with Crippen LogP contribution in [0.5, 0.6) is 0 Å². The van der Waals surface area contributed by atoms with Crippen LogP contribution in [0.4, 0.5) is 5.69 Å². The summed E-state index contributed by atoms with van der Waals surface area (Å²) >= 11 is 0. The number of carbonyl (C=O) groups is 1. The van der Waals surface area contributed by atoms with E-state index in [1.807, 2.05) is 6.07 Å². The van der Waals surface area contributed by atoms with E-state index in [0.717, 1.165) is 35.3 Å². The Kier molecular flexibility index (Phi) is 5.37. The minimum Gasteiger partial charge on any atom is -0.326 e. The molecule has 1 aliphatic carbocycles. The van der Waals surface area contributed by atoms with Crippen LogP contribution in [-0.2, 0) is 4.79 Å². The van der Waals surface area contributed by atoms with Crippen molar-refractivity contribution < 1.29 is 4.79 Å². The number of amides is 1. The molecule has 0 bridgehead atoms. The Bertz CT molecular complexity index is 532. The van der Waals surface area contributed by atoms with Gasteiger partial charge in [0, 0.05) is 24.7 Å². The van der Waals surface area contributed by atoms with Crippen LogP contribution in [0.1, 0.15) is 56.1 Å². The molecule has 3 rings (SSSR count). The van der Waals surface area contributed by atoms with E-state index in [1.54, 1.807) is 0 Å². The Balaban J connectivity index is 1.54. The third-order valence-corrected chi connectivity index (χ3v) is 5.73. The molecule has 3 heteroatoms. The largest absolute Gasteiger partial charge is 0.326 e. The summed E-state index contributed by atoms with van der Waals surface area (Å²) in [6.07, 6.45) is 8.82. The molecule has 1 amide bonds. The number of rotatable bonds is 4. The number of hydrogen-bond acceptors (Lipinski definition) is 2. The van der Waals surface area contributed by atoms with Crippen molar-refractivity contribution in [2.24, 2.45) is 5.92 Å². The molecule has 1 N–H and O–H groups in total. The fourth-order valence-corrected chi connectivity index (χ4v) is 4.46. The monoisotopic (exact) mass is 314 g/mol. The average molecular weight is 314 g/mol. The van der Waals surface area contributed by atoms with Gasteiger partial charge in [-0.15, -0.1) is 0 Å². The molecular weight excluding hydrogens is 284 g/mol. The Hall–Kier alpha value is -1.35. The molecule has 1 aromatic rings. The molecular formula is C20H30N2O. The van der Waals surface area contributed by atoms with Crippen LogP contribution in [0, 0.1) is 19.8 Å². The van der Waals surface area contributed by atoms with Gasteiger partial charge in [0.1, 0.15) is 0 Å². The SMILES string of the molecule is Cc1cccc(C)c1NC(=O)CCN1CCC[C@@H]2CCCC[C@@H]21. The van der Waals surface area contributed by atoms with Crippen molar-refractivity contribution in [3.05, 3.63) is 29.3 Å². The van der Waals surface area contributed by atoms with Gasteiger partial charge in [0.15, 0.2) is 0 Å². The van der Waals surface area contributed by atoms with Gasteiger partial charge in [0.05, 0.1) is 0 Å². The molecule has 2 aliphatic rings. The highest BCUT2D eigenvalue weighted by Crippen LogP contribution is 2.35. The number of aryl methyl sites for hydroxylation is 2. The third-order valence-electron chi connectivity index (χ3n) is 5.73. The summed E-state index contributed by atoms with van der Waals surface area (Å²) in [5, 5.41) is 3.12. The number of anilines is 1. The number of nitrogens with one attached hydrogen (secondary N) is 1. The van der Waals surface area contributed by atoms with E-state index < -0.39 is 0 Å². The van der Waals surface area contributed by atoms with Gasteiger partial charge in [-0.3, -0.25) is 9.69 Å². The van der Waals surface area contributed by atoms with Gasteiger partial charge in [-0.05, 0) is 63.1 Å². The van der Waals surface area contributed by atoms with Crippen LogP contribution in [0.3, 0.4) is 0 Å². The minimum absolute atomic E-state index is 0.153. The van der Waals surface area contributed by atoms with Gasteiger partial charge < -0.3 is 5.32 Å². The summed E-state index contributed by atoms with van der Waals surface area (Å²) in [5.74, 6) is 1.04.